The Morgan fingerprint density at radius 2 is 1.69 bits per heavy atom. The van der Waals surface area contributed by atoms with Crippen LogP contribution in [0.1, 0.15) is 42.6 Å². The molecule has 2 aromatic carbocycles. The van der Waals surface area contributed by atoms with E-state index in [1.807, 2.05) is 0 Å². The summed E-state index contributed by atoms with van der Waals surface area (Å²) in [5, 5.41) is 2.97. The Kier molecular flexibility index (Phi) is 9.27. The molecule has 0 spiro atoms. The monoisotopic (exact) mass is 504 g/mol. The molecular formula is C26H37FN4O3S. The Hall–Kier alpha value is -2.49. The summed E-state index contributed by atoms with van der Waals surface area (Å²) in [6.45, 7) is 8.33. The number of para-hydroxylation sites is 1. The zero-order valence-corrected chi connectivity index (χ0v) is 21.9. The first-order valence-corrected chi connectivity index (χ1v) is 13.5. The average Bonchev–Trinajstić information content (AvgIpc) is 2.80. The van der Waals surface area contributed by atoms with E-state index < -0.39 is 16.0 Å². The van der Waals surface area contributed by atoms with Gasteiger partial charge in [0.05, 0.1) is 12.2 Å². The zero-order valence-electron chi connectivity index (χ0n) is 21.1. The molecule has 0 aromatic heterocycles. The number of hydrogen-bond donors (Lipinski definition) is 1. The number of likely N-dealkylation sites (tertiary alicyclic amines) is 1. The van der Waals surface area contributed by atoms with E-state index in [4.69, 9.17) is 0 Å². The quantitative estimate of drug-likeness (QED) is 0.501. The van der Waals surface area contributed by atoms with Crippen LogP contribution in [0.2, 0.25) is 0 Å². The summed E-state index contributed by atoms with van der Waals surface area (Å²) in [6.07, 6.45) is 2.17. The lowest BCUT2D eigenvalue weighted by Crippen LogP contribution is -2.40. The van der Waals surface area contributed by atoms with Gasteiger partial charge in [0.25, 0.3) is 5.91 Å². The van der Waals surface area contributed by atoms with Crippen LogP contribution in [-0.4, -0.2) is 63.8 Å². The number of rotatable bonds is 10. The second kappa shape index (κ2) is 12.0. The molecule has 1 heterocycles. The topological polar surface area (TPSA) is 73.0 Å². The number of nitrogens with zero attached hydrogens (tertiary/aromatic N) is 3. The summed E-state index contributed by atoms with van der Waals surface area (Å²) >= 11 is 0. The third kappa shape index (κ3) is 7.25. The van der Waals surface area contributed by atoms with E-state index >= 15 is 0 Å². The van der Waals surface area contributed by atoms with Crippen LogP contribution in [0.3, 0.4) is 0 Å². The Bertz CT molecular complexity index is 1080. The van der Waals surface area contributed by atoms with Gasteiger partial charge in [0.1, 0.15) is 5.82 Å². The Labute approximate surface area is 209 Å². The highest BCUT2D eigenvalue weighted by molar-refractivity contribution is 7.90. The van der Waals surface area contributed by atoms with Crippen molar-refractivity contribution in [1.29, 1.82) is 0 Å². The molecule has 1 aliphatic heterocycles. The summed E-state index contributed by atoms with van der Waals surface area (Å²) in [7, 11) is -1.12. The minimum absolute atomic E-state index is 0.0273. The van der Waals surface area contributed by atoms with Crippen molar-refractivity contribution >= 4 is 21.8 Å². The number of amides is 1. The van der Waals surface area contributed by atoms with Crippen LogP contribution in [0.5, 0.6) is 0 Å². The molecule has 1 aliphatic rings. The van der Waals surface area contributed by atoms with Gasteiger partial charge in [-0.2, -0.15) is 12.7 Å². The highest BCUT2D eigenvalue weighted by Crippen LogP contribution is 2.25. The smallest absolute Gasteiger partial charge is 0.303 e. The summed E-state index contributed by atoms with van der Waals surface area (Å²) in [4.78, 5) is 15.0. The van der Waals surface area contributed by atoms with Crippen LogP contribution < -0.4 is 9.62 Å². The standard InChI is InChI=1S/C26H37FN4O3S/c1-20-16-21(2)18-30(17-20)15-7-14-28-26(32)23-12-10-22(11-13-23)19-31(35(33,34)29(3)4)25-9-6-5-8-24(25)27/h5-6,8-13,20-21H,7,14-19H2,1-4H3,(H,28,32)/t20-,21-/m1/s1. The van der Waals surface area contributed by atoms with E-state index in [9.17, 15) is 17.6 Å². The fourth-order valence-electron chi connectivity index (χ4n) is 4.65. The van der Waals surface area contributed by atoms with E-state index in [-0.39, 0.29) is 18.1 Å². The van der Waals surface area contributed by atoms with Crippen molar-refractivity contribution in [3.8, 4) is 0 Å². The maximum absolute atomic E-state index is 14.4. The summed E-state index contributed by atoms with van der Waals surface area (Å²) < 4.78 is 42.3. The number of benzene rings is 2. The fraction of sp³-hybridized carbons (Fsp3) is 0.500. The fourth-order valence-corrected chi connectivity index (χ4v) is 5.75. The molecule has 192 valence electrons. The van der Waals surface area contributed by atoms with E-state index in [2.05, 4.69) is 24.1 Å². The molecule has 35 heavy (non-hydrogen) atoms. The molecule has 2 aromatic rings. The number of hydrogen-bond acceptors (Lipinski definition) is 4. The van der Waals surface area contributed by atoms with Crippen LogP contribution in [-0.2, 0) is 16.8 Å². The number of piperidine rings is 1. The third-order valence-corrected chi connectivity index (χ3v) is 8.09. The molecule has 9 heteroatoms. The lowest BCUT2D eigenvalue weighted by molar-refractivity contribution is 0.0947. The molecule has 1 saturated heterocycles. The number of anilines is 1. The van der Waals surface area contributed by atoms with Crippen molar-refractivity contribution in [2.75, 3.05) is 44.6 Å². The first kappa shape index (κ1) is 27.1. The summed E-state index contributed by atoms with van der Waals surface area (Å²) in [5.74, 6) is 0.647. The number of carbonyl (C=O) groups excluding carboxylic acids is 1. The van der Waals surface area contributed by atoms with Crippen LogP contribution in [0, 0.1) is 17.7 Å². The van der Waals surface area contributed by atoms with Crippen molar-refractivity contribution in [2.45, 2.75) is 33.2 Å². The normalized spacial score (nSPS) is 19.0. The van der Waals surface area contributed by atoms with Crippen molar-refractivity contribution in [3.63, 3.8) is 0 Å². The maximum atomic E-state index is 14.4. The Morgan fingerprint density at radius 3 is 2.29 bits per heavy atom. The zero-order chi connectivity index (χ0) is 25.6. The van der Waals surface area contributed by atoms with Gasteiger partial charge in [-0.3, -0.25) is 9.10 Å². The lowest BCUT2D eigenvalue weighted by atomic mass is 9.92. The molecule has 0 aliphatic carbocycles. The molecule has 1 amide bonds. The molecule has 7 nitrogen and oxygen atoms in total. The van der Waals surface area contributed by atoms with Gasteiger partial charge in [0.15, 0.2) is 0 Å². The number of nitrogens with one attached hydrogen (secondary N) is 1. The molecule has 0 saturated carbocycles. The van der Waals surface area contributed by atoms with Gasteiger partial charge in [-0.25, -0.2) is 4.39 Å². The minimum Gasteiger partial charge on any atom is -0.352 e. The number of carbonyl (C=O) groups is 1. The van der Waals surface area contributed by atoms with E-state index in [1.54, 1.807) is 30.3 Å². The van der Waals surface area contributed by atoms with Crippen LogP contribution in [0.25, 0.3) is 0 Å². The first-order valence-electron chi connectivity index (χ1n) is 12.1. The van der Waals surface area contributed by atoms with Gasteiger partial charge < -0.3 is 10.2 Å². The second-order valence-electron chi connectivity index (χ2n) is 9.76. The highest BCUT2D eigenvalue weighted by atomic mass is 32.2. The van der Waals surface area contributed by atoms with Crippen LogP contribution >= 0.6 is 0 Å². The molecule has 0 bridgehead atoms. The van der Waals surface area contributed by atoms with Gasteiger partial charge >= 0.3 is 10.2 Å². The van der Waals surface area contributed by atoms with E-state index in [1.165, 1.54) is 38.7 Å². The Morgan fingerprint density at radius 1 is 1.06 bits per heavy atom. The summed E-state index contributed by atoms with van der Waals surface area (Å²) in [6, 6.07) is 12.5. The molecule has 0 unspecified atom stereocenters. The van der Waals surface area contributed by atoms with Crippen molar-refractivity contribution in [1.82, 2.24) is 14.5 Å². The molecular weight excluding hydrogens is 467 g/mol. The first-order chi connectivity index (χ1) is 16.6. The molecule has 3 rings (SSSR count). The van der Waals surface area contributed by atoms with Crippen LogP contribution in [0.4, 0.5) is 10.1 Å². The Balaban J connectivity index is 1.59. The second-order valence-corrected chi connectivity index (χ2v) is 11.8. The van der Waals surface area contributed by atoms with Gasteiger partial charge in [0.2, 0.25) is 0 Å². The van der Waals surface area contributed by atoms with Crippen molar-refractivity contribution in [3.05, 3.63) is 65.5 Å². The van der Waals surface area contributed by atoms with Gasteiger partial charge in [-0.05, 0) is 61.1 Å². The van der Waals surface area contributed by atoms with E-state index in [0.717, 1.165) is 34.7 Å². The highest BCUT2D eigenvalue weighted by Gasteiger charge is 2.27. The van der Waals surface area contributed by atoms with Crippen LogP contribution in [0.15, 0.2) is 48.5 Å². The van der Waals surface area contributed by atoms with Gasteiger partial charge in [-0.1, -0.05) is 38.1 Å². The molecule has 1 N–H and O–H groups in total. The molecule has 0 radical (unpaired) electrons. The van der Waals surface area contributed by atoms with Gasteiger partial charge in [-0.15, -0.1) is 0 Å². The summed E-state index contributed by atoms with van der Waals surface area (Å²) in [5.41, 5.74) is 1.12. The lowest BCUT2D eigenvalue weighted by Gasteiger charge is -2.34. The maximum Gasteiger partial charge on any atom is 0.303 e. The predicted octanol–water partition coefficient (Wildman–Crippen LogP) is 3.74. The third-order valence-electron chi connectivity index (χ3n) is 6.28. The SMILES string of the molecule is C[C@@H]1C[C@@H](C)CN(CCCNC(=O)c2ccc(CN(c3ccccc3F)S(=O)(=O)N(C)C)cc2)C1. The number of halogens is 1. The average molecular weight is 505 g/mol. The van der Waals surface area contributed by atoms with Gasteiger partial charge in [0, 0.05) is 39.3 Å². The molecule has 1 fully saturated rings. The van der Waals surface area contributed by atoms with E-state index in [0.29, 0.717) is 29.5 Å². The van der Waals surface area contributed by atoms with Crippen molar-refractivity contribution < 1.29 is 17.6 Å². The predicted molar refractivity (Wildman–Crippen MR) is 138 cm³/mol. The minimum atomic E-state index is -3.93. The van der Waals surface area contributed by atoms with Crippen molar-refractivity contribution in [2.24, 2.45) is 11.8 Å². The largest absolute Gasteiger partial charge is 0.352 e. The molecule has 2 atom stereocenters.